The Morgan fingerprint density at radius 3 is 1.48 bits per heavy atom. The first-order valence-corrected chi connectivity index (χ1v) is 26.6. The highest BCUT2D eigenvalue weighted by Crippen LogP contribution is 2.32. The molecule has 250 valence electrons. The van der Waals surface area contributed by atoms with Gasteiger partial charge in [-0.1, -0.05) is 0 Å². The molecule has 10 atom stereocenters. The van der Waals surface area contributed by atoms with Crippen LogP contribution < -0.4 is 0 Å². The Bertz CT molecular complexity index is 778. The molecule has 0 aromatic carbocycles. The molecule has 42 heavy (non-hydrogen) atoms. The SMILES string of the molecule is C[Si](C)(C)O[Si](CCCO[C@@H]1O[C@H](CO)[C@@H](O[C@H]2O[C@H](CO)[C@@H](O)[C@H](O)[C@H]2O)[C@H](O)[C@H]1O)(O[Si](C)(C)C)O[Si](C)(C)C. The lowest BCUT2D eigenvalue weighted by Gasteiger charge is -2.46. The molecule has 2 aliphatic rings. The van der Waals surface area contributed by atoms with Crippen molar-refractivity contribution in [2.75, 3.05) is 19.8 Å². The van der Waals surface area contributed by atoms with E-state index in [0.29, 0.717) is 12.5 Å². The number of hydrogen-bond acceptors (Lipinski definition) is 14. The van der Waals surface area contributed by atoms with Gasteiger partial charge in [0.25, 0.3) is 0 Å². The van der Waals surface area contributed by atoms with Crippen LogP contribution in [0.25, 0.3) is 0 Å². The van der Waals surface area contributed by atoms with E-state index in [0.717, 1.165) is 0 Å². The van der Waals surface area contributed by atoms with Gasteiger partial charge in [0.2, 0.25) is 0 Å². The van der Waals surface area contributed by atoms with E-state index in [1.165, 1.54) is 0 Å². The standard InChI is InChI=1S/C24H54O14Si4/c1-39(2,3)36-42(37-40(4,5)6,38-41(7,8)9)12-10-11-32-23-21(31)19(29)22(16(14-26)34-23)35-24-20(30)18(28)17(27)15(13-25)33-24/h15-31H,10-14H2,1-9H3/t15-,16-,17-,18+,19-,20-,21-,22-,23-,24-/m1/s1. The van der Waals surface area contributed by atoms with Gasteiger partial charge in [0, 0.05) is 12.7 Å². The fraction of sp³-hybridized carbons (Fsp3) is 1.00. The molecule has 2 rings (SSSR count). The lowest BCUT2D eigenvalue weighted by molar-refractivity contribution is -0.359. The lowest BCUT2D eigenvalue weighted by Crippen LogP contribution is -2.64. The minimum atomic E-state index is -3.10. The van der Waals surface area contributed by atoms with Gasteiger partial charge < -0.3 is 67.0 Å². The van der Waals surface area contributed by atoms with Gasteiger partial charge in [-0.15, -0.1) is 0 Å². The summed E-state index contributed by atoms with van der Waals surface area (Å²) < 4.78 is 42.5. The summed E-state index contributed by atoms with van der Waals surface area (Å²) in [7, 11) is -9.28. The molecule has 0 aromatic rings. The molecule has 0 bridgehead atoms. The van der Waals surface area contributed by atoms with Crippen molar-refractivity contribution in [1.82, 2.24) is 0 Å². The molecule has 0 saturated carbocycles. The van der Waals surface area contributed by atoms with E-state index < -0.39 is 108 Å². The molecule has 2 heterocycles. The predicted molar refractivity (Wildman–Crippen MR) is 161 cm³/mol. The topological polar surface area (TPSA) is 206 Å². The van der Waals surface area contributed by atoms with Crippen LogP contribution >= 0.6 is 0 Å². The van der Waals surface area contributed by atoms with Crippen molar-refractivity contribution in [3.8, 4) is 0 Å². The Morgan fingerprint density at radius 1 is 0.571 bits per heavy atom. The quantitative estimate of drug-likeness (QED) is 0.0863. The molecule has 7 N–H and O–H groups in total. The third-order valence-electron chi connectivity index (χ3n) is 6.25. The van der Waals surface area contributed by atoms with E-state index in [1.54, 1.807) is 0 Å². The Kier molecular flexibility index (Phi) is 14.0. The highest BCUT2D eigenvalue weighted by Gasteiger charge is 2.52. The summed E-state index contributed by atoms with van der Waals surface area (Å²) in [6, 6.07) is 0.490. The van der Waals surface area contributed by atoms with Gasteiger partial charge in [0.1, 0.15) is 48.8 Å². The highest BCUT2D eigenvalue weighted by molar-refractivity contribution is 6.90. The summed E-state index contributed by atoms with van der Waals surface area (Å²) in [5, 5.41) is 71.3. The van der Waals surface area contributed by atoms with Crippen LogP contribution in [0.5, 0.6) is 0 Å². The first-order chi connectivity index (χ1) is 19.1. The number of hydrogen-bond donors (Lipinski definition) is 7. The molecule has 0 radical (unpaired) electrons. The molecule has 0 aromatic heterocycles. The zero-order chi connectivity index (χ0) is 32.3. The van der Waals surface area contributed by atoms with Gasteiger partial charge in [0.15, 0.2) is 37.5 Å². The van der Waals surface area contributed by atoms with Gasteiger partial charge >= 0.3 is 8.80 Å². The number of aliphatic hydroxyl groups is 7. The summed E-state index contributed by atoms with van der Waals surface area (Å²) in [6.07, 6.45) is -14.5. The molecule has 0 spiro atoms. The Hall–Kier alpha value is 0.308. The lowest BCUT2D eigenvalue weighted by atomic mass is 9.97. The van der Waals surface area contributed by atoms with Gasteiger partial charge in [-0.25, -0.2) is 0 Å². The molecule has 0 unspecified atom stereocenters. The monoisotopic (exact) mass is 678 g/mol. The summed E-state index contributed by atoms with van der Waals surface area (Å²) in [5.41, 5.74) is 0. The van der Waals surface area contributed by atoms with Gasteiger partial charge in [0.05, 0.1) is 13.2 Å². The summed E-state index contributed by atoms with van der Waals surface area (Å²) >= 11 is 0. The van der Waals surface area contributed by atoms with E-state index in [2.05, 4.69) is 58.9 Å². The van der Waals surface area contributed by atoms with Gasteiger partial charge in [-0.2, -0.15) is 0 Å². The number of aliphatic hydroxyl groups excluding tert-OH is 7. The van der Waals surface area contributed by atoms with E-state index >= 15 is 0 Å². The largest absolute Gasteiger partial charge is 0.469 e. The number of ether oxygens (including phenoxy) is 4. The van der Waals surface area contributed by atoms with Crippen LogP contribution in [-0.4, -0.2) is 151 Å². The molecule has 0 amide bonds. The molecule has 14 nitrogen and oxygen atoms in total. The molecule has 2 aliphatic heterocycles. The predicted octanol–water partition coefficient (Wildman–Crippen LogP) is -0.489. The molecule has 2 saturated heterocycles. The number of rotatable bonds is 15. The van der Waals surface area contributed by atoms with Crippen LogP contribution in [0.2, 0.25) is 65.0 Å². The Labute approximate surface area is 253 Å². The molecule has 0 aliphatic carbocycles. The summed E-state index contributed by atoms with van der Waals surface area (Å²) in [6.45, 7) is 17.7. The minimum Gasteiger partial charge on any atom is -0.417 e. The maximum Gasteiger partial charge on any atom is 0.469 e. The first kappa shape index (κ1) is 38.5. The molecule has 2 fully saturated rings. The van der Waals surface area contributed by atoms with Crippen molar-refractivity contribution >= 4 is 33.8 Å². The highest BCUT2D eigenvalue weighted by atomic mass is 28.5. The van der Waals surface area contributed by atoms with Gasteiger partial charge in [-0.05, 0) is 65.3 Å². The molecular weight excluding hydrogens is 625 g/mol. The van der Waals surface area contributed by atoms with Crippen molar-refractivity contribution < 1.29 is 67.0 Å². The third-order valence-corrected chi connectivity index (χ3v) is 18.3. The van der Waals surface area contributed by atoms with Crippen molar-refractivity contribution in [1.29, 1.82) is 0 Å². The Balaban J connectivity index is 2.09. The summed E-state index contributed by atoms with van der Waals surface area (Å²) in [5.74, 6) is 0. The van der Waals surface area contributed by atoms with E-state index in [-0.39, 0.29) is 6.61 Å². The second-order valence-electron chi connectivity index (χ2n) is 13.8. The maximum absolute atomic E-state index is 10.9. The van der Waals surface area contributed by atoms with Crippen LogP contribution in [0.4, 0.5) is 0 Å². The maximum atomic E-state index is 10.9. The van der Waals surface area contributed by atoms with Crippen molar-refractivity contribution in [2.24, 2.45) is 0 Å². The minimum absolute atomic E-state index is 0.110. The molecular formula is C24H54O14Si4. The van der Waals surface area contributed by atoms with Gasteiger partial charge in [-0.3, -0.25) is 0 Å². The van der Waals surface area contributed by atoms with Crippen LogP contribution in [0.1, 0.15) is 6.42 Å². The average Bonchev–Trinajstić information content (AvgIpc) is 2.82. The smallest absolute Gasteiger partial charge is 0.417 e. The second-order valence-corrected chi connectivity index (χ2v) is 30.8. The van der Waals surface area contributed by atoms with E-state index in [9.17, 15) is 35.7 Å². The fourth-order valence-electron chi connectivity index (χ4n) is 4.80. The van der Waals surface area contributed by atoms with Crippen molar-refractivity contribution in [3.05, 3.63) is 0 Å². The normalized spacial score (nSPS) is 35.4. The second kappa shape index (κ2) is 15.3. The average molecular weight is 679 g/mol. The van der Waals surface area contributed by atoms with Crippen LogP contribution in [-0.2, 0) is 31.3 Å². The fourth-order valence-corrected chi connectivity index (χ4v) is 19.4. The Morgan fingerprint density at radius 2 is 1.02 bits per heavy atom. The van der Waals surface area contributed by atoms with Crippen LogP contribution in [0.3, 0.4) is 0 Å². The van der Waals surface area contributed by atoms with E-state index in [4.69, 9.17) is 31.3 Å². The van der Waals surface area contributed by atoms with E-state index in [1.807, 2.05) is 0 Å². The van der Waals surface area contributed by atoms with Crippen LogP contribution in [0.15, 0.2) is 0 Å². The molecule has 18 heteroatoms. The van der Waals surface area contributed by atoms with Crippen molar-refractivity contribution in [2.45, 2.75) is 133 Å². The zero-order valence-electron chi connectivity index (χ0n) is 26.3. The zero-order valence-corrected chi connectivity index (χ0v) is 30.3. The van der Waals surface area contributed by atoms with Crippen LogP contribution in [0, 0.1) is 0 Å². The third kappa shape index (κ3) is 11.3. The first-order valence-electron chi connectivity index (χ1n) is 14.4. The van der Waals surface area contributed by atoms with Crippen molar-refractivity contribution in [3.63, 3.8) is 0 Å². The summed E-state index contributed by atoms with van der Waals surface area (Å²) in [4.78, 5) is 0.